The zero-order chi connectivity index (χ0) is 13.1. The van der Waals surface area contributed by atoms with Crippen molar-refractivity contribution in [2.45, 2.75) is 18.9 Å². The summed E-state index contributed by atoms with van der Waals surface area (Å²) in [4.78, 5) is 13.9. The zero-order valence-corrected chi connectivity index (χ0v) is 10.2. The average Bonchev–Trinajstić information content (AvgIpc) is 3.13. The van der Waals surface area contributed by atoms with E-state index >= 15 is 0 Å². The lowest BCUT2D eigenvalue weighted by molar-refractivity contribution is 0.0675. The molecule has 1 aliphatic rings. The number of aromatic hydroxyl groups is 1. The van der Waals surface area contributed by atoms with Gasteiger partial charge in [0.15, 0.2) is 0 Å². The molecule has 0 radical (unpaired) electrons. The highest BCUT2D eigenvalue weighted by molar-refractivity contribution is 5.95. The van der Waals surface area contributed by atoms with Crippen LogP contribution in [-0.2, 0) is 4.74 Å². The second-order valence-corrected chi connectivity index (χ2v) is 4.39. The minimum Gasteiger partial charge on any atom is -0.508 e. The van der Waals surface area contributed by atoms with Crippen LogP contribution in [0.25, 0.3) is 0 Å². The highest BCUT2D eigenvalue weighted by atomic mass is 19.1. The van der Waals surface area contributed by atoms with Crippen molar-refractivity contribution in [2.75, 3.05) is 20.3 Å². The number of hydrogen-bond acceptors (Lipinski definition) is 3. The van der Waals surface area contributed by atoms with Gasteiger partial charge in [0, 0.05) is 25.8 Å². The minimum atomic E-state index is -0.692. The second-order valence-electron chi connectivity index (χ2n) is 4.39. The van der Waals surface area contributed by atoms with Gasteiger partial charge in [-0.1, -0.05) is 0 Å². The lowest BCUT2D eigenvalue weighted by atomic mass is 10.1. The molecule has 5 heteroatoms. The van der Waals surface area contributed by atoms with Crippen LogP contribution in [-0.4, -0.2) is 42.2 Å². The Kier molecular flexibility index (Phi) is 3.81. The first-order chi connectivity index (χ1) is 8.63. The van der Waals surface area contributed by atoms with Gasteiger partial charge in [-0.3, -0.25) is 4.79 Å². The SMILES string of the molecule is COCCN(C(=O)c1ccc(O)cc1F)C1CC1. The average molecular weight is 253 g/mol. The molecule has 1 N–H and O–H groups in total. The first-order valence-electron chi connectivity index (χ1n) is 5.92. The number of nitrogens with zero attached hydrogens (tertiary/aromatic N) is 1. The fourth-order valence-electron chi connectivity index (χ4n) is 1.86. The smallest absolute Gasteiger partial charge is 0.257 e. The van der Waals surface area contributed by atoms with Crippen molar-refractivity contribution < 1.29 is 19.0 Å². The summed E-state index contributed by atoms with van der Waals surface area (Å²) >= 11 is 0. The Morgan fingerprint density at radius 2 is 2.28 bits per heavy atom. The number of methoxy groups -OCH3 is 1. The molecule has 1 amide bonds. The first kappa shape index (κ1) is 12.8. The van der Waals surface area contributed by atoms with Crippen LogP contribution >= 0.6 is 0 Å². The maximum Gasteiger partial charge on any atom is 0.257 e. The Balaban J connectivity index is 2.16. The van der Waals surface area contributed by atoms with Crippen LogP contribution < -0.4 is 0 Å². The van der Waals surface area contributed by atoms with Gasteiger partial charge < -0.3 is 14.7 Å². The number of rotatable bonds is 5. The van der Waals surface area contributed by atoms with Gasteiger partial charge in [-0.15, -0.1) is 0 Å². The Morgan fingerprint density at radius 1 is 1.56 bits per heavy atom. The molecule has 1 aromatic rings. The Bertz CT molecular complexity index is 446. The number of carbonyl (C=O) groups excluding carboxylic acids is 1. The summed E-state index contributed by atoms with van der Waals surface area (Å²) in [5, 5.41) is 9.14. The van der Waals surface area contributed by atoms with E-state index in [1.165, 1.54) is 12.1 Å². The van der Waals surface area contributed by atoms with E-state index in [1.54, 1.807) is 12.0 Å². The van der Waals surface area contributed by atoms with Crippen LogP contribution in [0.15, 0.2) is 18.2 Å². The summed E-state index contributed by atoms with van der Waals surface area (Å²) in [6, 6.07) is 3.78. The van der Waals surface area contributed by atoms with E-state index in [4.69, 9.17) is 9.84 Å². The van der Waals surface area contributed by atoms with Crippen LogP contribution in [0, 0.1) is 5.82 Å². The van der Waals surface area contributed by atoms with Gasteiger partial charge in [0.25, 0.3) is 5.91 Å². The predicted octanol–water partition coefficient (Wildman–Crippen LogP) is 1.78. The molecule has 0 atom stereocenters. The van der Waals surface area contributed by atoms with Crippen LogP contribution in [0.2, 0.25) is 0 Å². The molecule has 1 aliphatic carbocycles. The van der Waals surface area contributed by atoms with Crippen molar-refractivity contribution in [3.8, 4) is 5.75 Å². The Labute approximate surface area is 105 Å². The molecule has 1 saturated carbocycles. The highest BCUT2D eigenvalue weighted by Crippen LogP contribution is 2.29. The lowest BCUT2D eigenvalue weighted by Gasteiger charge is -2.22. The molecule has 0 aromatic heterocycles. The van der Waals surface area contributed by atoms with E-state index in [1.807, 2.05) is 0 Å². The van der Waals surface area contributed by atoms with E-state index in [2.05, 4.69) is 0 Å². The summed E-state index contributed by atoms with van der Waals surface area (Å²) in [5.41, 5.74) is -0.00389. The van der Waals surface area contributed by atoms with E-state index in [-0.39, 0.29) is 23.3 Å². The van der Waals surface area contributed by atoms with E-state index in [9.17, 15) is 9.18 Å². The van der Waals surface area contributed by atoms with Crippen molar-refractivity contribution in [3.63, 3.8) is 0 Å². The molecule has 18 heavy (non-hydrogen) atoms. The molecule has 0 aliphatic heterocycles. The monoisotopic (exact) mass is 253 g/mol. The van der Waals surface area contributed by atoms with E-state index in [0.717, 1.165) is 18.9 Å². The maximum atomic E-state index is 13.6. The zero-order valence-electron chi connectivity index (χ0n) is 10.2. The third-order valence-corrected chi connectivity index (χ3v) is 2.97. The number of phenols is 1. The summed E-state index contributed by atoms with van der Waals surface area (Å²) in [6.45, 7) is 0.891. The molecule has 4 nitrogen and oxygen atoms in total. The normalized spacial score (nSPS) is 14.6. The topological polar surface area (TPSA) is 49.8 Å². The molecule has 0 spiro atoms. The minimum absolute atomic E-state index is 0.00389. The Morgan fingerprint density at radius 3 is 2.83 bits per heavy atom. The summed E-state index contributed by atoms with van der Waals surface area (Å²) in [7, 11) is 1.57. The molecule has 0 bridgehead atoms. The van der Waals surface area contributed by atoms with Gasteiger partial charge >= 0.3 is 0 Å². The number of hydrogen-bond donors (Lipinski definition) is 1. The second kappa shape index (κ2) is 5.35. The molecule has 98 valence electrons. The predicted molar refractivity (Wildman–Crippen MR) is 64.0 cm³/mol. The number of ether oxygens (including phenoxy) is 1. The number of carbonyl (C=O) groups is 1. The van der Waals surface area contributed by atoms with Gasteiger partial charge in [-0.25, -0.2) is 4.39 Å². The summed E-state index contributed by atoms with van der Waals surface area (Å²) in [5.74, 6) is -1.21. The number of benzene rings is 1. The van der Waals surface area contributed by atoms with Gasteiger partial charge in [0.1, 0.15) is 11.6 Å². The van der Waals surface area contributed by atoms with Gasteiger partial charge in [-0.05, 0) is 25.0 Å². The fraction of sp³-hybridized carbons (Fsp3) is 0.462. The fourth-order valence-corrected chi connectivity index (χ4v) is 1.86. The Hall–Kier alpha value is -1.62. The summed E-state index contributed by atoms with van der Waals surface area (Å²) < 4.78 is 18.6. The third kappa shape index (κ3) is 2.79. The van der Waals surface area contributed by atoms with Crippen molar-refractivity contribution in [2.24, 2.45) is 0 Å². The van der Waals surface area contributed by atoms with E-state index < -0.39 is 5.82 Å². The van der Waals surface area contributed by atoms with Gasteiger partial charge in [0.05, 0.1) is 12.2 Å². The molecule has 1 fully saturated rings. The number of phenolic OH excluding ortho intramolecular Hbond substituents is 1. The molecular formula is C13H16FNO3. The van der Waals surface area contributed by atoms with Crippen LogP contribution in [0.4, 0.5) is 4.39 Å². The van der Waals surface area contributed by atoms with Gasteiger partial charge in [-0.2, -0.15) is 0 Å². The largest absolute Gasteiger partial charge is 0.508 e. The van der Waals surface area contributed by atoms with E-state index in [0.29, 0.717) is 13.2 Å². The van der Waals surface area contributed by atoms with Crippen LogP contribution in [0.3, 0.4) is 0 Å². The molecule has 0 heterocycles. The number of amides is 1. The van der Waals surface area contributed by atoms with Crippen LogP contribution in [0.1, 0.15) is 23.2 Å². The lowest BCUT2D eigenvalue weighted by Crippen LogP contribution is -2.36. The molecular weight excluding hydrogens is 237 g/mol. The van der Waals surface area contributed by atoms with Crippen molar-refractivity contribution >= 4 is 5.91 Å². The quantitative estimate of drug-likeness (QED) is 0.870. The molecule has 0 unspecified atom stereocenters. The van der Waals surface area contributed by atoms with Crippen molar-refractivity contribution in [1.82, 2.24) is 4.90 Å². The van der Waals surface area contributed by atoms with Gasteiger partial charge in [0.2, 0.25) is 0 Å². The molecule has 2 rings (SSSR count). The van der Waals surface area contributed by atoms with Crippen LogP contribution in [0.5, 0.6) is 5.75 Å². The number of halogens is 1. The molecule has 0 saturated heterocycles. The highest BCUT2D eigenvalue weighted by Gasteiger charge is 2.33. The molecule has 1 aromatic carbocycles. The summed E-state index contributed by atoms with van der Waals surface area (Å²) in [6.07, 6.45) is 1.91. The first-order valence-corrected chi connectivity index (χ1v) is 5.92. The third-order valence-electron chi connectivity index (χ3n) is 2.97. The van der Waals surface area contributed by atoms with Crippen molar-refractivity contribution in [1.29, 1.82) is 0 Å². The standard InChI is InChI=1S/C13H16FNO3/c1-18-7-6-15(9-2-3-9)13(17)11-5-4-10(16)8-12(11)14/h4-5,8-9,16H,2-3,6-7H2,1H3. The van der Waals surface area contributed by atoms with Crippen molar-refractivity contribution in [3.05, 3.63) is 29.6 Å². The maximum absolute atomic E-state index is 13.6.